The van der Waals surface area contributed by atoms with Crippen molar-refractivity contribution in [1.82, 2.24) is 4.98 Å². The van der Waals surface area contributed by atoms with E-state index in [0.29, 0.717) is 0 Å². The van der Waals surface area contributed by atoms with Crippen LogP contribution in [0.1, 0.15) is 0 Å². The van der Waals surface area contributed by atoms with Gasteiger partial charge in [-0.1, -0.05) is 0 Å². The number of nitrogens with zero attached hydrogens (tertiary/aromatic N) is 1. The van der Waals surface area contributed by atoms with Crippen LogP contribution < -0.4 is 0 Å². The molecule has 0 spiro atoms. The van der Waals surface area contributed by atoms with Crippen LogP contribution in [-0.4, -0.2) is 4.98 Å². The lowest BCUT2D eigenvalue weighted by atomic mass is 10.5. The summed E-state index contributed by atoms with van der Waals surface area (Å²) in [5.41, 5.74) is 0. The average molecular weight is 204 g/mol. The Labute approximate surface area is 55.9 Å². The van der Waals surface area contributed by atoms with Gasteiger partial charge < -0.3 is 0 Å². The molecule has 0 N–H and O–H groups in total. The zero-order chi connectivity index (χ0) is 5.11. The minimum atomic E-state index is 1.15. The lowest BCUT2D eigenvalue weighted by molar-refractivity contribution is 1.29. The molecule has 7 heavy (non-hydrogen) atoms. The zero-order valence-corrected chi connectivity index (χ0v) is 5.71. The molecule has 0 aromatic carbocycles. The van der Waals surface area contributed by atoms with E-state index in [1.807, 2.05) is 6.07 Å². The minimum Gasteiger partial charge on any atom is -0.254 e. The van der Waals surface area contributed by atoms with Gasteiger partial charge in [-0.25, -0.2) is 0 Å². The second-order valence-electron chi connectivity index (χ2n) is 1.11. The first kappa shape index (κ1) is 5.03. The molecule has 35 valence electrons. The molecule has 0 unspecified atom stereocenters. The topological polar surface area (TPSA) is 12.9 Å². The van der Waals surface area contributed by atoms with E-state index >= 15 is 0 Å². The fraction of sp³-hybridized carbons (Fsp3) is 0. The molecule has 1 heterocycles. The Morgan fingerprint density at radius 1 is 1.71 bits per heavy atom. The highest BCUT2D eigenvalue weighted by molar-refractivity contribution is 14.1. The average Bonchev–Trinajstić information content (AvgIpc) is 1.69. The van der Waals surface area contributed by atoms with E-state index in [2.05, 4.69) is 33.8 Å². The summed E-state index contributed by atoms with van der Waals surface area (Å²) in [7, 11) is 0. The van der Waals surface area contributed by atoms with E-state index in [0.717, 1.165) is 3.57 Å². The summed E-state index contributed by atoms with van der Waals surface area (Å²) in [4.78, 5) is 3.75. The van der Waals surface area contributed by atoms with Crippen LogP contribution in [0.3, 0.4) is 0 Å². The van der Waals surface area contributed by atoms with Crippen LogP contribution in [0, 0.1) is 9.77 Å². The normalized spacial score (nSPS) is 8.71. The van der Waals surface area contributed by atoms with Crippen molar-refractivity contribution in [2.45, 2.75) is 0 Å². The smallest absolute Gasteiger partial charge is 0.0886 e. The molecular formula is C5H3IN. The molecule has 1 aromatic rings. The van der Waals surface area contributed by atoms with Crippen molar-refractivity contribution in [3.63, 3.8) is 0 Å². The molecule has 0 atom stereocenters. The summed E-state index contributed by atoms with van der Waals surface area (Å²) in [6, 6.07) is 3.75. The number of hydrogen-bond donors (Lipinski definition) is 0. The maximum Gasteiger partial charge on any atom is 0.0886 e. The maximum atomic E-state index is 3.75. The van der Waals surface area contributed by atoms with E-state index < -0.39 is 0 Å². The van der Waals surface area contributed by atoms with Gasteiger partial charge in [-0.15, -0.1) is 0 Å². The molecule has 2 heteroatoms. The largest absolute Gasteiger partial charge is 0.254 e. The number of hydrogen-bond acceptors (Lipinski definition) is 1. The van der Waals surface area contributed by atoms with Crippen LogP contribution in [0.4, 0.5) is 0 Å². The number of pyridine rings is 1. The van der Waals surface area contributed by atoms with E-state index in [1.165, 1.54) is 0 Å². The second-order valence-corrected chi connectivity index (χ2v) is 2.35. The lowest BCUT2D eigenvalue weighted by Crippen LogP contribution is -1.69. The van der Waals surface area contributed by atoms with Crippen LogP contribution in [-0.2, 0) is 0 Å². The van der Waals surface area contributed by atoms with Gasteiger partial charge in [0, 0.05) is 9.77 Å². The molecule has 1 aromatic heterocycles. The van der Waals surface area contributed by atoms with Gasteiger partial charge in [0.05, 0.1) is 6.20 Å². The van der Waals surface area contributed by atoms with Gasteiger partial charge in [0.25, 0.3) is 0 Å². The molecular weight excluding hydrogens is 201 g/mol. The van der Waals surface area contributed by atoms with E-state index in [4.69, 9.17) is 0 Å². The fourth-order valence-corrected chi connectivity index (χ4v) is 0.621. The Hall–Kier alpha value is -0.120. The van der Waals surface area contributed by atoms with Crippen LogP contribution in [0.5, 0.6) is 0 Å². The summed E-state index contributed by atoms with van der Waals surface area (Å²) < 4.78 is 1.15. The fourth-order valence-electron chi connectivity index (χ4n) is 0.302. The first-order valence-electron chi connectivity index (χ1n) is 1.87. The van der Waals surface area contributed by atoms with Crippen molar-refractivity contribution in [3.05, 3.63) is 28.1 Å². The Kier molecular flexibility index (Phi) is 1.62. The van der Waals surface area contributed by atoms with Crippen molar-refractivity contribution in [2.24, 2.45) is 0 Å². The number of rotatable bonds is 0. The minimum absolute atomic E-state index is 1.15. The first-order chi connectivity index (χ1) is 3.39. The Bertz CT molecular complexity index is 138. The van der Waals surface area contributed by atoms with Crippen molar-refractivity contribution < 1.29 is 0 Å². The van der Waals surface area contributed by atoms with Crippen LogP contribution in [0.25, 0.3) is 0 Å². The lowest BCUT2D eigenvalue weighted by Gasteiger charge is -1.79. The highest BCUT2D eigenvalue weighted by Gasteiger charge is 1.76. The van der Waals surface area contributed by atoms with Gasteiger partial charge in [-0.3, -0.25) is 4.98 Å². The van der Waals surface area contributed by atoms with Gasteiger partial charge in [0.1, 0.15) is 0 Å². The quantitative estimate of drug-likeness (QED) is 0.583. The first-order valence-corrected chi connectivity index (χ1v) is 2.95. The Morgan fingerprint density at radius 2 is 2.57 bits per heavy atom. The molecule has 0 saturated carbocycles. The molecule has 0 aliphatic rings. The monoisotopic (exact) mass is 204 g/mol. The standard InChI is InChI=1S/C5H3IN/c6-5-2-1-3-7-4-5/h1-2,4H. The van der Waals surface area contributed by atoms with Crippen molar-refractivity contribution in [2.75, 3.05) is 0 Å². The summed E-state index contributed by atoms with van der Waals surface area (Å²) in [5.74, 6) is 0. The molecule has 0 amide bonds. The SMILES string of the molecule is Ic1cc[c]nc1. The van der Waals surface area contributed by atoms with Gasteiger partial charge >= 0.3 is 0 Å². The predicted molar refractivity (Wildman–Crippen MR) is 35.8 cm³/mol. The third-order valence-electron chi connectivity index (χ3n) is 0.580. The molecule has 0 aliphatic carbocycles. The van der Waals surface area contributed by atoms with Crippen LogP contribution in [0.2, 0.25) is 0 Å². The van der Waals surface area contributed by atoms with Gasteiger partial charge in [0.15, 0.2) is 0 Å². The molecule has 0 fully saturated rings. The molecule has 1 radical (unpaired) electrons. The van der Waals surface area contributed by atoms with Gasteiger partial charge in [-0.05, 0) is 34.7 Å². The summed E-state index contributed by atoms with van der Waals surface area (Å²) in [6.07, 6.45) is 4.44. The number of halogens is 1. The Morgan fingerprint density at radius 3 is 2.86 bits per heavy atom. The molecule has 0 saturated heterocycles. The van der Waals surface area contributed by atoms with E-state index in [9.17, 15) is 0 Å². The van der Waals surface area contributed by atoms with Gasteiger partial charge in [0.2, 0.25) is 0 Å². The van der Waals surface area contributed by atoms with Crippen LogP contribution in [0.15, 0.2) is 18.3 Å². The third-order valence-corrected chi connectivity index (χ3v) is 1.22. The summed E-state index contributed by atoms with van der Waals surface area (Å²) in [6.45, 7) is 0. The summed E-state index contributed by atoms with van der Waals surface area (Å²) in [5, 5.41) is 0. The van der Waals surface area contributed by atoms with Crippen molar-refractivity contribution in [3.8, 4) is 0 Å². The van der Waals surface area contributed by atoms with E-state index in [1.54, 1.807) is 12.3 Å². The summed E-state index contributed by atoms with van der Waals surface area (Å²) >= 11 is 2.20. The van der Waals surface area contributed by atoms with E-state index in [-0.39, 0.29) is 0 Å². The number of aromatic nitrogens is 1. The molecule has 0 aliphatic heterocycles. The van der Waals surface area contributed by atoms with Crippen molar-refractivity contribution >= 4 is 22.6 Å². The van der Waals surface area contributed by atoms with Crippen molar-refractivity contribution in [1.29, 1.82) is 0 Å². The highest BCUT2D eigenvalue weighted by atomic mass is 127. The second kappa shape index (κ2) is 2.26. The molecule has 1 nitrogen and oxygen atoms in total. The third kappa shape index (κ3) is 1.43. The highest BCUT2D eigenvalue weighted by Crippen LogP contribution is 1.96. The molecule has 1 rings (SSSR count). The maximum absolute atomic E-state index is 3.75. The molecule has 0 bridgehead atoms. The predicted octanol–water partition coefficient (Wildman–Crippen LogP) is 1.49. The zero-order valence-electron chi connectivity index (χ0n) is 3.56. The van der Waals surface area contributed by atoms with Gasteiger partial charge in [-0.2, -0.15) is 0 Å². The Balaban J connectivity index is 3.02. The van der Waals surface area contributed by atoms with Crippen LogP contribution >= 0.6 is 22.6 Å².